The molecule has 0 bridgehead atoms. The van der Waals surface area contributed by atoms with Gasteiger partial charge in [0.05, 0.1) is 22.2 Å². The molecule has 0 saturated carbocycles. The van der Waals surface area contributed by atoms with Crippen molar-refractivity contribution in [3.8, 4) is 11.3 Å². The van der Waals surface area contributed by atoms with Crippen LogP contribution in [0.4, 0.5) is 0 Å². The third kappa shape index (κ3) is 3.92. The zero-order chi connectivity index (χ0) is 18.9. The molecule has 1 aliphatic heterocycles. The highest BCUT2D eigenvalue weighted by atomic mass is 35.5. The van der Waals surface area contributed by atoms with Gasteiger partial charge in [0.2, 0.25) is 0 Å². The first-order valence-electron chi connectivity index (χ1n) is 8.79. The fourth-order valence-corrected chi connectivity index (χ4v) is 3.21. The van der Waals surface area contributed by atoms with Gasteiger partial charge >= 0.3 is 0 Å². The Morgan fingerprint density at radius 1 is 1.38 bits per heavy atom. The van der Waals surface area contributed by atoms with Crippen LogP contribution in [0.5, 0.6) is 0 Å². The number of β-amino-alcohol motifs (C(OH)–C–C–N with tert-alkyl or cyclic N) is 1. The molecule has 1 saturated heterocycles. The van der Waals surface area contributed by atoms with Crippen molar-refractivity contribution < 1.29 is 9.90 Å². The lowest BCUT2D eigenvalue weighted by molar-refractivity contribution is 0.0927. The molecule has 1 aromatic carbocycles. The van der Waals surface area contributed by atoms with Crippen molar-refractivity contribution in [2.75, 3.05) is 19.6 Å². The van der Waals surface area contributed by atoms with E-state index in [4.69, 9.17) is 11.6 Å². The number of nitrogens with zero attached hydrogens (tertiary/aromatic N) is 2. The van der Waals surface area contributed by atoms with Crippen LogP contribution in [0.1, 0.15) is 31.1 Å². The quantitative estimate of drug-likeness (QED) is 0.764. The normalized spacial score (nSPS) is 20.3. The average Bonchev–Trinajstić information content (AvgIpc) is 3.19. The van der Waals surface area contributed by atoms with E-state index in [0.29, 0.717) is 35.9 Å². The highest BCUT2D eigenvalue weighted by Gasteiger charge is 2.27. The highest BCUT2D eigenvalue weighted by Crippen LogP contribution is 2.30. The fourth-order valence-electron chi connectivity index (χ4n) is 2.98. The van der Waals surface area contributed by atoms with E-state index < -0.39 is 6.10 Å². The summed E-state index contributed by atoms with van der Waals surface area (Å²) in [5.74, 6) is -0.199. The largest absolute Gasteiger partial charge is 0.391 e. The van der Waals surface area contributed by atoms with Crippen LogP contribution in [0.2, 0.25) is 5.02 Å². The molecule has 0 spiro atoms. The number of hydrogen-bond donors (Lipinski definition) is 3. The van der Waals surface area contributed by atoms with Gasteiger partial charge in [0, 0.05) is 37.3 Å². The first-order valence-corrected chi connectivity index (χ1v) is 9.17. The zero-order valence-electron chi connectivity index (χ0n) is 15.3. The lowest BCUT2D eigenvalue weighted by atomic mass is 10.1. The topological polar surface area (TPSA) is 79.2 Å². The Kier molecular flexibility index (Phi) is 5.37. The Hall–Kier alpha value is -1.89. The third-order valence-electron chi connectivity index (χ3n) is 4.60. The summed E-state index contributed by atoms with van der Waals surface area (Å²) in [6.07, 6.45) is 1.33. The molecule has 2 atom stereocenters. The van der Waals surface area contributed by atoms with E-state index in [0.717, 1.165) is 5.56 Å². The molecule has 0 aliphatic carbocycles. The summed E-state index contributed by atoms with van der Waals surface area (Å²) in [4.78, 5) is 12.8. The van der Waals surface area contributed by atoms with Gasteiger partial charge in [-0.15, -0.1) is 0 Å². The van der Waals surface area contributed by atoms with Gasteiger partial charge in [0.1, 0.15) is 5.69 Å². The van der Waals surface area contributed by atoms with Crippen LogP contribution in [0.25, 0.3) is 11.3 Å². The van der Waals surface area contributed by atoms with Crippen molar-refractivity contribution in [2.45, 2.75) is 32.4 Å². The van der Waals surface area contributed by atoms with Gasteiger partial charge in [0.15, 0.2) is 0 Å². The van der Waals surface area contributed by atoms with Crippen LogP contribution >= 0.6 is 11.6 Å². The summed E-state index contributed by atoms with van der Waals surface area (Å²) >= 11 is 6.34. The second-order valence-corrected chi connectivity index (χ2v) is 8.09. The Labute approximate surface area is 158 Å². The standard InChI is InChI=1S/C19H25ClN4O2/c1-19(2,3)24-11-14(17(23-24)13-6-4-5-7-15(13)20)18(26)22-9-12-8-21-10-16(12)25/h4-7,11-12,16,21,25H,8-10H2,1-3H3,(H,22,26). The molecule has 1 aromatic heterocycles. The molecule has 26 heavy (non-hydrogen) atoms. The fraction of sp³-hybridized carbons (Fsp3) is 0.474. The monoisotopic (exact) mass is 376 g/mol. The predicted octanol–water partition coefficient (Wildman–Crippen LogP) is 2.27. The van der Waals surface area contributed by atoms with Gasteiger partial charge in [-0.25, -0.2) is 0 Å². The molecule has 1 fully saturated rings. The second-order valence-electron chi connectivity index (χ2n) is 7.68. The minimum atomic E-state index is -0.435. The van der Waals surface area contributed by atoms with E-state index in [1.165, 1.54) is 0 Å². The van der Waals surface area contributed by atoms with Crippen LogP contribution in [0.15, 0.2) is 30.5 Å². The molecular weight excluding hydrogens is 352 g/mol. The van der Waals surface area contributed by atoms with E-state index >= 15 is 0 Å². The highest BCUT2D eigenvalue weighted by molar-refractivity contribution is 6.33. The van der Waals surface area contributed by atoms with Crippen molar-refractivity contribution in [3.05, 3.63) is 41.0 Å². The number of carbonyl (C=O) groups is 1. The number of amides is 1. The predicted molar refractivity (Wildman–Crippen MR) is 102 cm³/mol. The first-order chi connectivity index (χ1) is 12.3. The summed E-state index contributed by atoms with van der Waals surface area (Å²) in [5.41, 5.74) is 1.51. The Morgan fingerprint density at radius 3 is 2.73 bits per heavy atom. The van der Waals surface area contributed by atoms with Crippen molar-refractivity contribution in [1.29, 1.82) is 0 Å². The minimum Gasteiger partial charge on any atom is -0.391 e. The van der Waals surface area contributed by atoms with E-state index in [2.05, 4.69) is 15.7 Å². The van der Waals surface area contributed by atoms with Crippen LogP contribution in [0.3, 0.4) is 0 Å². The van der Waals surface area contributed by atoms with Crippen LogP contribution in [0, 0.1) is 5.92 Å². The maximum atomic E-state index is 12.8. The summed E-state index contributed by atoms with van der Waals surface area (Å²) in [7, 11) is 0. The van der Waals surface area contributed by atoms with E-state index in [1.54, 1.807) is 16.9 Å². The molecule has 2 heterocycles. The van der Waals surface area contributed by atoms with Gasteiger partial charge in [-0.3, -0.25) is 9.48 Å². The van der Waals surface area contributed by atoms with Gasteiger partial charge in [-0.1, -0.05) is 29.8 Å². The molecule has 1 aliphatic rings. The smallest absolute Gasteiger partial charge is 0.255 e. The van der Waals surface area contributed by atoms with Gasteiger partial charge < -0.3 is 15.7 Å². The molecule has 2 unspecified atom stereocenters. The van der Waals surface area contributed by atoms with Crippen LogP contribution in [-0.2, 0) is 5.54 Å². The molecule has 6 nitrogen and oxygen atoms in total. The van der Waals surface area contributed by atoms with E-state index in [9.17, 15) is 9.90 Å². The number of carbonyl (C=O) groups excluding carboxylic acids is 1. The van der Waals surface area contributed by atoms with E-state index in [-0.39, 0.29) is 17.4 Å². The molecule has 2 aromatic rings. The number of benzene rings is 1. The molecule has 140 valence electrons. The third-order valence-corrected chi connectivity index (χ3v) is 4.93. The first kappa shape index (κ1) is 18.9. The zero-order valence-corrected chi connectivity index (χ0v) is 16.0. The van der Waals surface area contributed by atoms with Crippen molar-refractivity contribution in [1.82, 2.24) is 20.4 Å². The summed E-state index contributed by atoms with van der Waals surface area (Å²) < 4.78 is 1.78. The maximum Gasteiger partial charge on any atom is 0.255 e. The number of rotatable bonds is 4. The summed E-state index contributed by atoms with van der Waals surface area (Å²) in [5, 5.41) is 21.1. The minimum absolute atomic E-state index is 0.0142. The van der Waals surface area contributed by atoms with Gasteiger partial charge in [-0.2, -0.15) is 5.10 Å². The lowest BCUT2D eigenvalue weighted by Gasteiger charge is -2.18. The summed E-state index contributed by atoms with van der Waals surface area (Å²) in [6.45, 7) is 7.75. The molecule has 3 rings (SSSR count). The Morgan fingerprint density at radius 2 is 2.12 bits per heavy atom. The van der Waals surface area contributed by atoms with Crippen molar-refractivity contribution in [3.63, 3.8) is 0 Å². The number of nitrogens with one attached hydrogen (secondary N) is 2. The number of hydrogen-bond acceptors (Lipinski definition) is 4. The number of aliphatic hydroxyl groups is 1. The second kappa shape index (κ2) is 7.39. The maximum absolute atomic E-state index is 12.8. The molecular formula is C19H25ClN4O2. The van der Waals surface area contributed by atoms with Crippen LogP contribution < -0.4 is 10.6 Å². The van der Waals surface area contributed by atoms with Gasteiger partial charge in [0.25, 0.3) is 5.91 Å². The van der Waals surface area contributed by atoms with E-state index in [1.807, 2.05) is 39.0 Å². The number of halogens is 1. The van der Waals surface area contributed by atoms with Gasteiger partial charge in [-0.05, 0) is 26.8 Å². The summed E-state index contributed by atoms with van der Waals surface area (Å²) in [6, 6.07) is 7.37. The average molecular weight is 377 g/mol. The SMILES string of the molecule is CC(C)(C)n1cc(C(=O)NCC2CNCC2O)c(-c2ccccc2Cl)n1. The Bertz CT molecular complexity index is 797. The lowest BCUT2D eigenvalue weighted by Crippen LogP contribution is -2.34. The number of aliphatic hydroxyl groups excluding tert-OH is 1. The van der Waals surface area contributed by atoms with Crippen molar-refractivity contribution in [2.24, 2.45) is 5.92 Å². The van der Waals surface area contributed by atoms with Crippen LogP contribution in [-0.4, -0.2) is 46.5 Å². The number of aromatic nitrogens is 2. The molecule has 3 N–H and O–H groups in total. The molecule has 1 amide bonds. The Balaban J connectivity index is 1.90. The van der Waals surface area contributed by atoms with Crippen molar-refractivity contribution >= 4 is 17.5 Å². The molecule has 0 radical (unpaired) electrons. The molecule has 7 heteroatoms.